The Morgan fingerprint density at radius 3 is 2.57 bits per heavy atom. The van der Waals surface area contributed by atoms with Crippen LogP contribution in [-0.4, -0.2) is 23.8 Å². The van der Waals surface area contributed by atoms with Gasteiger partial charge in [-0.2, -0.15) is 0 Å². The van der Waals surface area contributed by atoms with E-state index in [9.17, 15) is 4.79 Å². The highest BCUT2D eigenvalue weighted by Gasteiger charge is 2.15. The van der Waals surface area contributed by atoms with Gasteiger partial charge in [-0.3, -0.25) is 9.69 Å². The smallest absolute Gasteiger partial charge is 0.194 e. The first kappa shape index (κ1) is 14.3. The first-order chi connectivity index (χ1) is 10.2. The van der Waals surface area contributed by atoms with Crippen LogP contribution < -0.4 is 0 Å². The monoisotopic (exact) mass is 299 g/mol. The summed E-state index contributed by atoms with van der Waals surface area (Å²) in [6, 6.07) is 15.1. The molecule has 3 rings (SSSR count). The van der Waals surface area contributed by atoms with E-state index >= 15 is 0 Å². The average Bonchev–Trinajstić information content (AvgIpc) is 3.00. The Labute approximate surface area is 130 Å². The lowest BCUT2D eigenvalue weighted by Crippen LogP contribution is -2.18. The summed E-state index contributed by atoms with van der Waals surface area (Å²) in [5.41, 5.74) is 2.46. The zero-order valence-corrected chi connectivity index (χ0v) is 12.6. The second kappa shape index (κ2) is 6.42. The molecule has 0 aromatic heterocycles. The summed E-state index contributed by atoms with van der Waals surface area (Å²) >= 11 is 6.12. The molecular weight excluding hydrogens is 282 g/mol. The van der Waals surface area contributed by atoms with Crippen molar-refractivity contribution in [1.29, 1.82) is 0 Å². The SMILES string of the molecule is O=C(c1cccc(CN2CCCC2)c1)c1ccccc1Cl. The van der Waals surface area contributed by atoms with Crippen LogP contribution in [0.4, 0.5) is 0 Å². The normalized spacial score (nSPS) is 15.3. The summed E-state index contributed by atoms with van der Waals surface area (Å²) in [5, 5.41) is 0.507. The molecular formula is C18H18ClNO. The number of carbonyl (C=O) groups excluding carboxylic acids is 1. The van der Waals surface area contributed by atoms with Crippen molar-refractivity contribution in [3.05, 3.63) is 70.2 Å². The number of carbonyl (C=O) groups is 1. The molecule has 1 aliphatic heterocycles. The maximum Gasteiger partial charge on any atom is 0.194 e. The molecule has 108 valence electrons. The summed E-state index contributed by atoms with van der Waals surface area (Å²) in [6.45, 7) is 3.23. The summed E-state index contributed by atoms with van der Waals surface area (Å²) in [7, 11) is 0. The Morgan fingerprint density at radius 1 is 1.05 bits per heavy atom. The van der Waals surface area contributed by atoms with Gasteiger partial charge in [-0.15, -0.1) is 0 Å². The molecule has 0 saturated carbocycles. The minimum absolute atomic E-state index is 0.0103. The molecule has 3 heteroatoms. The van der Waals surface area contributed by atoms with Gasteiger partial charge >= 0.3 is 0 Å². The summed E-state index contributed by atoms with van der Waals surface area (Å²) in [4.78, 5) is 15.0. The third-order valence-corrected chi connectivity index (χ3v) is 4.24. The van der Waals surface area contributed by atoms with Gasteiger partial charge in [0.1, 0.15) is 0 Å². The molecule has 1 aliphatic rings. The van der Waals surface area contributed by atoms with E-state index in [1.54, 1.807) is 12.1 Å². The summed E-state index contributed by atoms with van der Waals surface area (Å²) in [5.74, 6) is -0.0103. The highest BCUT2D eigenvalue weighted by molar-refractivity contribution is 6.34. The Hall–Kier alpha value is -1.64. The lowest BCUT2D eigenvalue weighted by atomic mass is 10.0. The van der Waals surface area contributed by atoms with Crippen molar-refractivity contribution in [2.24, 2.45) is 0 Å². The number of rotatable bonds is 4. The third kappa shape index (κ3) is 3.34. The molecule has 2 nitrogen and oxygen atoms in total. The lowest BCUT2D eigenvalue weighted by Gasteiger charge is -2.15. The van der Waals surface area contributed by atoms with Crippen molar-refractivity contribution in [3.8, 4) is 0 Å². The van der Waals surface area contributed by atoms with Gasteiger partial charge in [0, 0.05) is 17.7 Å². The zero-order chi connectivity index (χ0) is 14.7. The van der Waals surface area contributed by atoms with E-state index < -0.39 is 0 Å². The second-order valence-corrected chi connectivity index (χ2v) is 5.90. The van der Waals surface area contributed by atoms with Crippen LogP contribution in [0.1, 0.15) is 34.3 Å². The predicted molar refractivity (Wildman–Crippen MR) is 85.8 cm³/mol. The van der Waals surface area contributed by atoms with Crippen molar-refractivity contribution in [1.82, 2.24) is 4.90 Å². The Balaban J connectivity index is 1.82. The van der Waals surface area contributed by atoms with Crippen LogP contribution in [0.5, 0.6) is 0 Å². The number of likely N-dealkylation sites (tertiary alicyclic amines) is 1. The maximum atomic E-state index is 12.6. The van der Waals surface area contributed by atoms with Crippen LogP contribution in [0.3, 0.4) is 0 Å². The molecule has 0 bridgehead atoms. The largest absolute Gasteiger partial charge is 0.299 e. The molecule has 2 aromatic rings. The van der Waals surface area contributed by atoms with E-state index in [4.69, 9.17) is 11.6 Å². The Morgan fingerprint density at radius 2 is 1.81 bits per heavy atom. The molecule has 2 aromatic carbocycles. The topological polar surface area (TPSA) is 20.3 Å². The number of benzene rings is 2. The van der Waals surface area contributed by atoms with Crippen LogP contribution in [-0.2, 0) is 6.54 Å². The van der Waals surface area contributed by atoms with Gasteiger partial charge < -0.3 is 0 Å². The second-order valence-electron chi connectivity index (χ2n) is 5.49. The van der Waals surface area contributed by atoms with E-state index in [-0.39, 0.29) is 5.78 Å². The fourth-order valence-corrected chi connectivity index (χ4v) is 3.03. The van der Waals surface area contributed by atoms with Gasteiger partial charge in [-0.05, 0) is 49.7 Å². The van der Waals surface area contributed by atoms with Crippen LogP contribution >= 0.6 is 11.6 Å². The van der Waals surface area contributed by atoms with Gasteiger partial charge in [0.15, 0.2) is 5.78 Å². The summed E-state index contributed by atoms with van der Waals surface area (Å²) in [6.07, 6.45) is 2.55. The van der Waals surface area contributed by atoms with E-state index in [2.05, 4.69) is 11.0 Å². The molecule has 21 heavy (non-hydrogen) atoms. The first-order valence-corrected chi connectivity index (χ1v) is 7.72. The maximum absolute atomic E-state index is 12.6. The third-order valence-electron chi connectivity index (χ3n) is 3.91. The van der Waals surface area contributed by atoms with Crippen LogP contribution in [0, 0.1) is 0 Å². The highest BCUT2D eigenvalue weighted by atomic mass is 35.5. The molecule has 0 radical (unpaired) electrons. The predicted octanol–water partition coefficient (Wildman–Crippen LogP) is 4.17. The Bertz CT molecular complexity index is 647. The van der Waals surface area contributed by atoms with Gasteiger partial charge in [0.05, 0.1) is 5.02 Å². The standard InChI is InChI=1S/C18H18ClNO/c19-17-9-2-1-8-16(17)18(21)15-7-5-6-14(12-15)13-20-10-3-4-11-20/h1-2,5-9,12H,3-4,10-11,13H2. The number of ketones is 1. The molecule has 0 unspecified atom stereocenters. The quantitative estimate of drug-likeness (QED) is 0.790. The molecule has 1 fully saturated rings. The van der Waals surface area contributed by atoms with Crippen LogP contribution in [0.2, 0.25) is 5.02 Å². The summed E-state index contributed by atoms with van der Waals surface area (Å²) < 4.78 is 0. The molecule has 0 atom stereocenters. The first-order valence-electron chi connectivity index (χ1n) is 7.34. The minimum Gasteiger partial charge on any atom is -0.299 e. The van der Waals surface area contributed by atoms with E-state index in [0.717, 1.165) is 19.6 Å². The van der Waals surface area contributed by atoms with E-state index in [1.165, 1.54) is 18.4 Å². The van der Waals surface area contributed by atoms with Gasteiger partial charge in [0.25, 0.3) is 0 Å². The molecule has 0 spiro atoms. The Kier molecular flexibility index (Phi) is 4.37. The molecule has 1 heterocycles. The lowest BCUT2D eigenvalue weighted by molar-refractivity contribution is 0.103. The number of hydrogen-bond donors (Lipinski definition) is 0. The van der Waals surface area contributed by atoms with Crippen LogP contribution in [0.25, 0.3) is 0 Å². The fourth-order valence-electron chi connectivity index (χ4n) is 2.81. The fraction of sp³-hybridized carbons (Fsp3) is 0.278. The minimum atomic E-state index is -0.0103. The number of hydrogen-bond acceptors (Lipinski definition) is 2. The average molecular weight is 300 g/mol. The zero-order valence-electron chi connectivity index (χ0n) is 11.9. The van der Waals surface area contributed by atoms with Crippen LogP contribution in [0.15, 0.2) is 48.5 Å². The van der Waals surface area contributed by atoms with Crippen molar-refractivity contribution in [2.75, 3.05) is 13.1 Å². The van der Waals surface area contributed by atoms with E-state index in [1.807, 2.05) is 30.3 Å². The van der Waals surface area contributed by atoms with E-state index in [0.29, 0.717) is 16.1 Å². The van der Waals surface area contributed by atoms with Crippen molar-refractivity contribution in [3.63, 3.8) is 0 Å². The molecule has 0 aliphatic carbocycles. The van der Waals surface area contributed by atoms with Crippen molar-refractivity contribution >= 4 is 17.4 Å². The number of nitrogens with zero attached hydrogens (tertiary/aromatic N) is 1. The van der Waals surface area contributed by atoms with Crippen molar-refractivity contribution in [2.45, 2.75) is 19.4 Å². The molecule has 0 amide bonds. The number of halogens is 1. The molecule has 0 N–H and O–H groups in total. The van der Waals surface area contributed by atoms with Gasteiger partial charge in [0.2, 0.25) is 0 Å². The van der Waals surface area contributed by atoms with Gasteiger partial charge in [-0.1, -0.05) is 41.9 Å². The van der Waals surface area contributed by atoms with Crippen molar-refractivity contribution < 1.29 is 4.79 Å². The van der Waals surface area contributed by atoms with Gasteiger partial charge in [-0.25, -0.2) is 0 Å². The highest BCUT2D eigenvalue weighted by Crippen LogP contribution is 2.20. The molecule has 1 saturated heterocycles.